The van der Waals surface area contributed by atoms with Crippen molar-refractivity contribution < 1.29 is 40.0 Å². The van der Waals surface area contributed by atoms with Crippen molar-refractivity contribution in [3.63, 3.8) is 0 Å². The van der Waals surface area contributed by atoms with Crippen LogP contribution in [0.4, 0.5) is 0 Å². The lowest BCUT2D eigenvalue weighted by atomic mass is 9.82. The fraction of sp³-hybridized carbons (Fsp3) is 0.125. The number of phenolic OH excluding ortho intramolecular Hbond substituents is 4. The molecule has 0 saturated carbocycles. The van der Waals surface area contributed by atoms with Crippen molar-refractivity contribution in [2.75, 3.05) is 0 Å². The molecule has 132 valence electrons. The van der Waals surface area contributed by atoms with Crippen LogP contribution >= 0.6 is 0 Å². The predicted octanol–water partition coefficient (Wildman–Crippen LogP) is 0.339. The van der Waals surface area contributed by atoms with E-state index in [1.165, 1.54) is 18.2 Å². The summed E-state index contributed by atoms with van der Waals surface area (Å²) in [7, 11) is 0. The van der Waals surface area contributed by atoms with E-state index in [0.29, 0.717) is 0 Å². The summed E-state index contributed by atoms with van der Waals surface area (Å²) in [5.74, 6) is -3.68. The van der Waals surface area contributed by atoms with Crippen molar-refractivity contribution in [2.24, 2.45) is 0 Å². The minimum atomic E-state index is -2.24. The average Bonchev–Trinajstić information content (AvgIpc) is 2.57. The summed E-state index contributed by atoms with van der Waals surface area (Å²) in [6.45, 7) is 0. The molecule has 0 saturated heterocycles. The second-order valence-electron chi connectivity index (χ2n) is 5.13. The van der Waals surface area contributed by atoms with Gasteiger partial charge in [0, 0.05) is 5.56 Å². The molecule has 2 rings (SSSR count). The molecule has 0 bridgehead atoms. The number of amides is 1. The summed E-state index contributed by atoms with van der Waals surface area (Å²) in [4.78, 5) is 26.4. The summed E-state index contributed by atoms with van der Waals surface area (Å²) in [6.07, 6.45) is -0.676. The molecule has 9 nitrogen and oxygen atoms in total. The lowest BCUT2D eigenvalue weighted by Crippen LogP contribution is -2.33. The minimum Gasteiger partial charge on any atom is -0.508 e. The first-order chi connectivity index (χ1) is 11.8. The van der Waals surface area contributed by atoms with Gasteiger partial charge in [-0.3, -0.25) is 4.79 Å². The molecule has 1 unspecified atom stereocenters. The molecule has 9 heteroatoms. The second-order valence-corrected chi connectivity index (χ2v) is 5.13. The van der Waals surface area contributed by atoms with Crippen molar-refractivity contribution >= 4 is 12.4 Å². The van der Waals surface area contributed by atoms with Gasteiger partial charge < -0.3 is 30.4 Å². The number of aliphatic hydroxyl groups is 1. The van der Waals surface area contributed by atoms with Crippen LogP contribution in [0.5, 0.6) is 23.0 Å². The van der Waals surface area contributed by atoms with E-state index >= 15 is 0 Å². The van der Waals surface area contributed by atoms with Crippen LogP contribution in [0, 0.1) is 0 Å². The molecule has 0 aliphatic carbocycles. The Bertz CT molecular complexity index is 807. The van der Waals surface area contributed by atoms with Gasteiger partial charge in [-0.1, -0.05) is 12.1 Å². The van der Waals surface area contributed by atoms with Crippen LogP contribution in [0.1, 0.15) is 17.5 Å². The highest BCUT2D eigenvalue weighted by molar-refractivity contribution is 5.74. The second kappa shape index (κ2) is 6.97. The quantitative estimate of drug-likeness (QED) is 0.248. The van der Waals surface area contributed by atoms with Crippen LogP contribution in [-0.4, -0.2) is 37.9 Å². The molecule has 6 N–H and O–H groups in total. The third-order valence-corrected chi connectivity index (χ3v) is 3.52. The third kappa shape index (κ3) is 3.56. The Hall–Kier alpha value is -3.46. The number of nitrogens with one attached hydrogen (secondary N) is 1. The first kappa shape index (κ1) is 17.9. The zero-order valence-electron chi connectivity index (χ0n) is 12.7. The Morgan fingerprint density at radius 1 is 1.12 bits per heavy atom. The molecule has 0 aliphatic rings. The summed E-state index contributed by atoms with van der Waals surface area (Å²) in [5, 5.41) is 49.9. The van der Waals surface area contributed by atoms with E-state index in [2.05, 4.69) is 4.84 Å². The van der Waals surface area contributed by atoms with Crippen molar-refractivity contribution in [1.82, 2.24) is 5.48 Å². The van der Waals surface area contributed by atoms with Gasteiger partial charge in [0.1, 0.15) is 11.4 Å². The zero-order valence-corrected chi connectivity index (χ0v) is 12.7. The van der Waals surface area contributed by atoms with Gasteiger partial charge in [-0.25, -0.2) is 4.79 Å². The molecule has 0 radical (unpaired) electrons. The molecule has 1 amide bonds. The van der Waals surface area contributed by atoms with E-state index in [1.54, 1.807) is 5.48 Å². The van der Waals surface area contributed by atoms with Crippen LogP contribution in [0.3, 0.4) is 0 Å². The molecule has 0 spiro atoms. The molecule has 0 fully saturated rings. The average molecular weight is 349 g/mol. The molecule has 2 aromatic rings. The van der Waals surface area contributed by atoms with Gasteiger partial charge in [-0.2, -0.15) is 5.48 Å². The van der Waals surface area contributed by atoms with Crippen LogP contribution in [0.25, 0.3) is 0 Å². The monoisotopic (exact) mass is 349 g/mol. The van der Waals surface area contributed by atoms with E-state index in [4.69, 9.17) is 0 Å². The summed E-state index contributed by atoms with van der Waals surface area (Å²) in [6, 6.07) is 7.32. The molecule has 2 aromatic carbocycles. The molecular weight excluding hydrogens is 334 g/mol. The van der Waals surface area contributed by atoms with Crippen LogP contribution in [0.15, 0.2) is 36.4 Å². The van der Waals surface area contributed by atoms with Crippen molar-refractivity contribution in [3.05, 3.63) is 47.5 Å². The van der Waals surface area contributed by atoms with Crippen molar-refractivity contribution in [3.8, 4) is 23.0 Å². The molecule has 0 aliphatic heterocycles. The van der Waals surface area contributed by atoms with Gasteiger partial charge in [-0.15, -0.1) is 0 Å². The van der Waals surface area contributed by atoms with Gasteiger partial charge in [0.05, 0.1) is 6.42 Å². The Kier molecular flexibility index (Phi) is 4.99. The van der Waals surface area contributed by atoms with Crippen molar-refractivity contribution in [1.29, 1.82) is 0 Å². The molecule has 1 atom stereocenters. The highest BCUT2D eigenvalue weighted by atomic mass is 16.7. The molecule has 0 aromatic heterocycles. The predicted molar refractivity (Wildman–Crippen MR) is 82.5 cm³/mol. The minimum absolute atomic E-state index is 0.00376. The number of aromatic hydroxyl groups is 4. The number of rotatable bonds is 6. The Labute approximate surface area is 141 Å². The van der Waals surface area contributed by atoms with Gasteiger partial charge in [-0.05, 0) is 29.8 Å². The Morgan fingerprint density at radius 3 is 2.48 bits per heavy atom. The summed E-state index contributed by atoms with van der Waals surface area (Å²) in [5.41, 5.74) is -0.889. The number of carbonyl (C=O) groups excluding carboxylic acids is 2. The topological polar surface area (TPSA) is 157 Å². The fourth-order valence-electron chi connectivity index (χ4n) is 2.35. The van der Waals surface area contributed by atoms with E-state index < -0.39 is 35.2 Å². The lowest BCUT2D eigenvalue weighted by Gasteiger charge is -2.29. The third-order valence-electron chi connectivity index (χ3n) is 3.52. The van der Waals surface area contributed by atoms with E-state index in [-0.39, 0.29) is 23.3 Å². The summed E-state index contributed by atoms with van der Waals surface area (Å²) < 4.78 is 0. The van der Waals surface area contributed by atoms with E-state index in [0.717, 1.165) is 18.2 Å². The SMILES string of the molecule is O=CNOC(=O)CC(O)(c1cccc(O)c1)c1ccc(O)c(O)c1O. The van der Waals surface area contributed by atoms with Gasteiger partial charge >= 0.3 is 5.97 Å². The molecular formula is C16H15NO8. The highest BCUT2D eigenvalue weighted by Gasteiger charge is 2.39. The first-order valence-corrected chi connectivity index (χ1v) is 6.94. The Morgan fingerprint density at radius 2 is 1.84 bits per heavy atom. The largest absolute Gasteiger partial charge is 0.508 e. The zero-order chi connectivity index (χ0) is 18.6. The molecule has 0 heterocycles. The highest BCUT2D eigenvalue weighted by Crippen LogP contribution is 2.45. The lowest BCUT2D eigenvalue weighted by molar-refractivity contribution is -0.158. The number of phenols is 4. The maximum atomic E-state index is 11.9. The summed E-state index contributed by atoms with van der Waals surface area (Å²) >= 11 is 0. The van der Waals surface area contributed by atoms with Crippen molar-refractivity contribution in [2.45, 2.75) is 12.0 Å². The number of benzene rings is 2. The van der Waals surface area contributed by atoms with Crippen LogP contribution in [0.2, 0.25) is 0 Å². The first-order valence-electron chi connectivity index (χ1n) is 6.94. The molecule has 25 heavy (non-hydrogen) atoms. The normalized spacial score (nSPS) is 12.8. The fourth-order valence-corrected chi connectivity index (χ4v) is 2.35. The van der Waals surface area contributed by atoms with Gasteiger partial charge in [0.2, 0.25) is 12.2 Å². The maximum absolute atomic E-state index is 11.9. The van der Waals surface area contributed by atoms with Crippen LogP contribution in [-0.2, 0) is 20.0 Å². The van der Waals surface area contributed by atoms with Crippen LogP contribution < -0.4 is 5.48 Å². The number of carbonyl (C=O) groups is 2. The van der Waals surface area contributed by atoms with Gasteiger partial charge in [0.15, 0.2) is 11.5 Å². The standard InChI is InChI=1S/C16H15NO8/c18-8-17-25-13(21)7-16(24,9-2-1-3-10(19)6-9)11-4-5-12(20)15(23)14(11)22/h1-6,8,19-20,22-24H,7H2,(H,17,18). The van der Waals surface area contributed by atoms with Gasteiger partial charge in [0.25, 0.3) is 0 Å². The van der Waals surface area contributed by atoms with E-state index in [1.807, 2.05) is 0 Å². The van der Waals surface area contributed by atoms with E-state index in [9.17, 15) is 35.1 Å². The number of hydroxylamine groups is 1. The smallest absolute Gasteiger partial charge is 0.335 e. The maximum Gasteiger partial charge on any atom is 0.335 e. The number of hydrogen-bond acceptors (Lipinski definition) is 8. The Balaban J connectivity index is 2.58. The number of hydrogen-bond donors (Lipinski definition) is 6.